The molecule has 0 unspecified atom stereocenters. The molecule has 2 saturated heterocycles. The van der Waals surface area contributed by atoms with Gasteiger partial charge in [-0.3, -0.25) is 18.9 Å². The third-order valence-electron chi connectivity index (χ3n) is 5.07. The largest absolute Gasteiger partial charge is 0.379 e. The van der Waals surface area contributed by atoms with Crippen molar-refractivity contribution in [3.8, 4) is 0 Å². The number of hydrogen-bond donors (Lipinski definition) is 1. The molecule has 2 fully saturated rings. The van der Waals surface area contributed by atoms with Gasteiger partial charge in [0.15, 0.2) is 5.69 Å². The molecule has 9 nitrogen and oxygen atoms in total. The second-order valence-corrected chi connectivity index (χ2v) is 6.85. The number of rotatable bonds is 5. The van der Waals surface area contributed by atoms with Gasteiger partial charge in [-0.05, 0) is 12.1 Å². The average Bonchev–Trinajstić information content (AvgIpc) is 3.14. The predicted octanol–water partition coefficient (Wildman–Crippen LogP) is -0.131. The maximum atomic E-state index is 12.9. The lowest BCUT2D eigenvalue weighted by atomic mass is 10.3. The lowest BCUT2D eigenvalue weighted by Gasteiger charge is -2.26. The van der Waals surface area contributed by atoms with E-state index in [0.29, 0.717) is 38.4 Å². The van der Waals surface area contributed by atoms with Crippen molar-refractivity contribution in [2.45, 2.75) is 0 Å². The monoisotopic (exact) mass is 387 g/mol. The van der Waals surface area contributed by atoms with Crippen LogP contribution in [0.25, 0.3) is 5.52 Å². The molecule has 2 amide bonds. The Hall–Kier alpha value is -2.49. The summed E-state index contributed by atoms with van der Waals surface area (Å²) in [5, 5.41) is 2.93. The van der Waals surface area contributed by atoms with Gasteiger partial charge in [0, 0.05) is 45.5 Å². The van der Waals surface area contributed by atoms with Gasteiger partial charge in [0.2, 0.25) is 5.82 Å². The maximum Gasteiger partial charge on any atom is 0.290 e. The Morgan fingerprint density at radius 3 is 2.50 bits per heavy atom. The number of carbonyl (C=O) groups is 2. The highest BCUT2D eigenvalue weighted by Crippen LogP contribution is 2.15. The molecule has 2 aromatic heterocycles. The number of ether oxygens (including phenoxy) is 2. The lowest BCUT2D eigenvalue weighted by Crippen LogP contribution is -2.41. The second kappa shape index (κ2) is 8.68. The Morgan fingerprint density at radius 2 is 1.75 bits per heavy atom. The zero-order valence-corrected chi connectivity index (χ0v) is 15.8. The normalized spacial score (nSPS) is 18.4. The highest BCUT2D eigenvalue weighted by molar-refractivity contribution is 6.02. The van der Waals surface area contributed by atoms with Crippen molar-refractivity contribution in [2.75, 3.05) is 65.7 Å². The molecule has 0 atom stereocenters. The van der Waals surface area contributed by atoms with Crippen LogP contribution in [0.15, 0.2) is 24.4 Å². The fourth-order valence-corrected chi connectivity index (χ4v) is 3.50. The van der Waals surface area contributed by atoms with Gasteiger partial charge < -0.3 is 19.7 Å². The summed E-state index contributed by atoms with van der Waals surface area (Å²) in [6.45, 7) is 6.59. The molecule has 4 rings (SSSR count). The summed E-state index contributed by atoms with van der Waals surface area (Å²) in [7, 11) is 0. The number of fused-ring (bicyclic) bond motifs is 1. The molecular weight excluding hydrogens is 362 g/mol. The summed E-state index contributed by atoms with van der Waals surface area (Å²) in [6.07, 6.45) is 1.76. The van der Waals surface area contributed by atoms with Gasteiger partial charge >= 0.3 is 0 Å². The van der Waals surface area contributed by atoms with Crippen LogP contribution in [0.1, 0.15) is 21.1 Å². The number of nitrogens with one attached hydrogen (secondary N) is 1. The molecule has 1 N–H and O–H groups in total. The second-order valence-electron chi connectivity index (χ2n) is 6.85. The fraction of sp³-hybridized carbons (Fsp3) is 0.526. The molecule has 2 aliphatic heterocycles. The van der Waals surface area contributed by atoms with Gasteiger partial charge in [-0.2, -0.15) is 0 Å². The predicted molar refractivity (Wildman–Crippen MR) is 102 cm³/mol. The molecule has 0 bridgehead atoms. The number of aromatic nitrogens is 2. The van der Waals surface area contributed by atoms with Crippen molar-refractivity contribution in [2.24, 2.45) is 0 Å². The van der Waals surface area contributed by atoms with Gasteiger partial charge in [-0.1, -0.05) is 6.07 Å². The number of amides is 2. The van der Waals surface area contributed by atoms with E-state index in [1.54, 1.807) is 21.6 Å². The molecule has 0 spiro atoms. The topological polar surface area (TPSA) is 88.4 Å². The Morgan fingerprint density at radius 1 is 1.04 bits per heavy atom. The molecule has 4 heterocycles. The SMILES string of the molecule is O=C(NCCN1CCOCC1)c1nc(C(=O)N2CCOCC2)n2ccccc12. The molecular formula is C19H25N5O4. The zero-order valence-electron chi connectivity index (χ0n) is 15.8. The van der Waals surface area contributed by atoms with Gasteiger partial charge in [-0.25, -0.2) is 4.98 Å². The van der Waals surface area contributed by atoms with Crippen LogP contribution in [0, 0.1) is 0 Å². The van der Waals surface area contributed by atoms with Crippen LogP contribution in [-0.4, -0.2) is 96.7 Å². The van der Waals surface area contributed by atoms with E-state index >= 15 is 0 Å². The first-order chi connectivity index (χ1) is 13.7. The lowest BCUT2D eigenvalue weighted by molar-refractivity contribution is 0.0294. The minimum absolute atomic E-state index is 0.183. The first-order valence-corrected chi connectivity index (χ1v) is 9.66. The van der Waals surface area contributed by atoms with Crippen molar-refractivity contribution in [1.82, 2.24) is 24.5 Å². The molecule has 0 radical (unpaired) electrons. The van der Waals surface area contributed by atoms with Crippen molar-refractivity contribution < 1.29 is 19.1 Å². The molecule has 2 aromatic rings. The number of pyridine rings is 1. The smallest absolute Gasteiger partial charge is 0.290 e. The minimum Gasteiger partial charge on any atom is -0.379 e. The number of hydrogen-bond acceptors (Lipinski definition) is 6. The quantitative estimate of drug-likeness (QED) is 0.769. The van der Waals surface area contributed by atoms with Crippen molar-refractivity contribution >= 4 is 17.3 Å². The van der Waals surface area contributed by atoms with Gasteiger partial charge in [0.25, 0.3) is 11.8 Å². The first kappa shape index (κ1) is 18.9. The minimum atomic E-state index is -0.266. The number of imidazole rings is 1. The molecule has 2 aliphatic rings. The summed E-state index contributed by atoms with van der Waals surface area (Å²) in [6, 6.07) is 5.47. The Balaban J connectivity index is 1.48. The zero-order chi connectivity index (χ0) is 19.3. The molecule has 9 heteroatoms. The van der Waals surface area contributed by atoms with E-state index in [-0.39, 0.29) is 23.3 Å². The van der Waals surface area contributed by atoms with Crippen molar-refractivity contribution in [1.29, 1.82) is 0 Å². The van der Waals surface area contributed by atoms with Crippen LogP contribution < -0.4 is 5.32 Å². The Bertz CT molecular complexity index is 840. The van der Waals surface area contributed by atoms with Crippen LogP contribution in [0.3, 0.4) is 0 Å². The third kappa shape index (κ3) is 4.01. The van der Waals surface area contributed by atoms with Crippen molar-refractivity contribution in [3.63, 3.8) is 0 Å². The van der Waals surface area contributed by atoms with Gasteiger partial charge in [0.1, 0.15) is 0 Å². The van der Waals surface area contributed by atoms with Crippen LogP contribution in [0.5, 0.6) is 0 Å². The molecule has 0 aliphatic carbocycles. The average molecular weight is 387 g/mol. The van der Waals surface area contributed by atoms with Crippen LogP contribution in [0.4, 0.5) is 0 Å². The van der Waals surface area contributed by atoms with E-state index in [1.807, 2.05) is 12.1 Å². The van der Waals surface area contributed by atoms with Crippen LogP contribution >= 0.6 is 0 Å². The highest BCUT2D eigenvalue weighted by atomic mass is 16.5. The van der Waals surface area contributed by atoms with Crippen LogP contribution in [0.2, 0.25) is 0 Å². The van der Waals surface area contributed by atoms with E-state index in [2.05, 4.69) is 15.2 Å². The molecule has 150 valence electrons. The number of morpholine rings is 2. The first-order valence-electron chi connectivity index (χ1n) is 9.66. The Labute approximate surface area is 163 Å². The van der Waals surface area contributed by atoms with E-state index < -0.39 is 0 Å². The summed E-state index contributed by atoms with van der Waals surface area (Å²) in [4.78, 5) is 34.0. The van der Waals surface area contributed by atoms with E-state index in [9.17, 15) is 9.59 Å². The highest BCUT2D eigenvalue weighted by Gasteiger charge is 2.26. The van der Waals surface area contributed by atoms with Crippen LogP contribution in [-0.2, 0) is 9.47 Å². The summed E-state index contributed by atoms with van der Waals surface area (Å²) >= 11 is 0. The van der Waals surface area contributed by atoms with Gasteiger partial charge in [0.05, 0.1) is 31.9 Å². The van der Waals surface area contributed by atoms with Crippen molar-refractivity contribution in [3.05, 3.63) is 35.9 Å². The number of carbonyl (C=O) groups excluding carboxylic acids is 2. The fourth-order valence-electron chi connectivity index (χ4n) is 3.50. The van der Waals surface area contributed by atoms with E-state index in [0.717, 1.165) is 32.8 Å². The Kier molecular flexibility index (Phi) is 5.84. The molecule has 0 saturated carbocycles. The molecule has 0 aromatic carbocycles. The standard InChI is InChI=1S/C19H25N5O4/c25-18(20-4-6-22-7-11-27-12-8-22)16-15-3-1-2-5-24(15)17(21-16)19(26)23-9-13-28-14-10-23/h1-3,5H,4,6-14H2,(H,20,25). The number of nitrogens with zero attached hydrogens (tertiary/aromatic N) is 4. The summed E-state index contributed by atoms with van der Waals surface area (Å²) < 4.78 is 12.3. The third-order valence-corrected chi connectivity index (χ3v) is 5.07. The summed E-state index contributed by atoms with van der Waals surface area (Å²) in [5.41, 5.74) is 0.905. The maximum absolute atomic E-state index is 12.9. The molecule has 28 heavy (non-hydrogen) atoms. The van der Waals surface area contributed by atoms with Gasteiger partial charge in [-0.15, -0.1) is 0 Å². The summed E-state index contributed by atoms with van der Waals surface area (Å²) in [5.74, 6) is -0.189. The van der Waals surface area contributed by atoms with E-state index in [1.165, 1.54) is 0 Å². The van der Waals surface area contributed by atoms with E-state index in [4.69, 9.17) is 9.47 Å².